The summed E-state index contributed by atoms with van der Waals surface area (Å²) in [6.07, 6.45) is 2.81. The minimum atomic E-state index is -0.999. The molecule has 132 valence electrons. The normalized spacial score (nSPS) is 14.2. The largest absolute Gasteiger partial charge is 0.335 e. The van der Waals surface area contributed by atoms with Gasteiger partial charge in [0.05, 0.1) is 0 Å². The molecule has 0 radical (unpaired) electrons. The molecule has 0 aromatic heterocycles. The topological polar surface area (TPSA) is 86.8 Å². The molecule has 7 nitrogen and oxygen atoms in total. The van der Waals surface area contributed by atoms with E-state index in [1.807, 2.05) is 32.0 Å². The van der Waals surface area contributed by atoms with E-state index in [0.29, 0.717) is 10.6 Å². The Morgan fingerprint density at radius 2 is 1.64 bits per heavy atom. The van der Waals surface area contributed by atoms with Crippen LogP contribution in [0.2, 0.25) is 0 Å². The van der Waals surface area contributed by atoms with E-state index in [4.69, 9.17) is 0 Å². The Morgan fingerprint density at radius 3 is 2.16 bits per heavy atom. The van der Waals surface area contributed by atoms with E-state index >= 15 is 0 Å². The number of rotatable bonds is 7. The molecule has 1 N–H and O–H groups in total. The molecule has 0 atom stereocenters. The Balaban J connectivity index is 2.16. The van der Waals surface area contributed by atoms with Crippen molar-refractivity contribution in [3.63, 3.8) is 0 Å². The average molecular weight is 343 g/mol. The lowest BCUT2D eigenvalue weighted by Gasteiger charge is -2.17. The van der Waals surface area contributed by atoms with E-state index in [2.05, 4.69) is 11.9 Å². The fourth-order valence-electron chi connectivity index (χ4n) is 2.71. The summed E-state index contributed by atoms with van der Waals surface area (Å²) >= 11 is 0. The van der Waals surface area contributed by atoms with Crippen LogP contribution in [0.4, 0.5) is 10.5 Å². The molecular weight excluding hydrogens is 322 g/mol. The number of carbonyl (C=O) groups is 4. The first kappa shape index (κ1) is 18.4. The molecule has 1 fully saturated rings. The van der Waals surface area contributed by atoms with Crippen molar-refractivity contribution in [2.45, 2.75) is 26.7 Å². The number of anilines is 1. The van der Waals surface area contributed by atoms with Crippen molar-refractivity contribution >= 4 is 29.4 Å². The zero-order valence-corrected chi connectivity index (χ0v) is 14.4. The lowest BCUT2D eigenvalue weighted by Crippen LogP contribution is -2.39. The summed E-state index contributed by atoms with van der Waals surface area (Å²) in [5, 5.41) is 2.78. The second kappa shape index (κ2) is 7.74. The maximum absolute atomic E-state index is 12.4. The van der Waals surface area contributed by atoms with Gasteiger partial charge in [0.2, 0.25) is 5.91 Å². The number of imide groups is 2. The first-order valence-electron chi connectivity index (χ1n) is 8.13. The third-order valence-corrected chi connectivity index (χ3v) is 4.01. The Labute approximate surface area is 146 Å². The standard InChI is InChI=1S/C18H21N3O4/c1-4-10-20-16(23)17(24)21(18(20)25)11-14(22)19-15-12(5-2)8-7-9-13(15)6-3/h4,7-9H,1,5-6,10-11H2,2-3H3,(H,19,22). The van der Waals surface area contributed by atoms with Gasteiger partial charge in [-0.25, -0.2) is 9.69 Å². The van der Waals surface area contributed by atoms with Gasteiger partial charge >= 0.3 is 17.8 Å². The lowest BCUT2D eigenvalue weighted by molar-refractivity contribution is -0.143. The van der Waals surface area contributed by atoms with Crippen LogP contribution < -0.4 is 5.32 Å². The van der Waals surface area contributed by atoms with Gasteiger partial charge in [-0.3, -0.25) is 19.3 Å². The van der Waals surface area contributed by atoms with Crippen LogP contribution in [0, 0.1) is 0 Å². The number of nitrogens with zero attached hydrogens (tertiary/aromatic N) is 2. The van der Waals surface area contributed by atoms with E-state index in [1.54, 1.807) is 0 Å². The fraction of sp³-hybridized carbons (Fsp3) is 0.333. The van der Waals surface area contributed by atoms with Crippen LogP contribution in [0.25, 0.3) is 0 Å². The Bertz CT molecular complexity index is 720. The predicted molar refractivity (Wildman–Crippen MR) is 92.8 cm³/mol. The lowest BCUT2D eigenvalue weighted by atomic mass is 10.0. The molecule has 1 heterocycles. The van der Waals surface area contributed by atoms with Gasteiger partial charge in [-0.05, 0) is 24.0 Å². The molecule has 1 saturated heterocycles. The summed E-state index contributed by atoms with van der Waals surface area (Å²) in [7, 11) is 0. The number of para-hydroxylation sites is 1. The van der Waals surface area contributed by atoms with E-state index < -0.39 is 30.3 Å². The number of urea groups is 1. The number of hydrogen-bond acceptors (Lipinski definition) is 4. The predicted octanol–water partition coefficient (Wildman–Crippen LogP) is 1.73. The van der Waals surface area contributed by atoms with Gasteiger partial charge in [-0.1, -0.05) is 38.1 Å². The van der Waals surface area contributed by atoms with Crippen molar-refractivity contribution in [2.24, 2.45) is 0 Å². The van der Waals surface area contributed by atoms with E-state index in [9.17, 15) is 19.2 Å². The van der Waals surface area contributed by atoms with Crippen LogP contribution in [0.3, 0.4) is 0 Å². The van der Waals surface area contributed by atoms with Crippen molar-refractivity contribution in [1.29, 1.82) is 0 Å². The molecule has 0 spiro atoms. The highest BCUT2D eigenvalue weighted by atomic mass is 16.2. The van der Waals surface area contributed by atoms with Gasteiger partial charge in [0.1, 0.15) is 6.54 Å². The fourth-order valence-corrected chi connectivity index (χ4v) is 2.71. The molecule has 0 bridgehead atoms. The SMILES string of the molecule is C=CCN1C(=O)C(=O)N(CC(=O)Nc2c(CC)cccc2CC)C1=O. The molecule has 0 aliphatic carbocycles. The number of amides is 5. The van der Waals surface area contributed by atoms with Crippen LogP contribution in [0.1, 0.15) is 25.0 Å². The summed E-state index contributed by atoms with van der Waals surface area (Å²) < 4.78 is 0. The van der Waals surface area contributed by atoms with Gasteiger partial charge in [0.15, 0.2) is 0 Å². The van der Waals surface area contributed by atoms with Gasteiger partial charge < -0.3 is 5.32 Å². The van der Waals surface area contributed by atoms with Gasteiger partial charge in [-0.15, -0.1) is 6.58 Å². The first-order valence-corrected chi connectivity index (χ1v) is 8.13. The average Bonchev–Trinajstić information content (AvgIpc) is 2.80. The van der Waals surface area contributed by atoms with E-state index in [-0.39, 0.29) is 6.54 Å². The van der Waals surface area contributed by atoms with Gasteiger partial charge in [0.25, 0.3) is 0 Å². The summed E-state index contributed by atoms with van der Waals surface area (Å²) in [4.78, 5) is 49.6. The number of hydrogen-bond donors (Lipinski definition) is 1. The van der Waals surface area contributed by atoms with Crippen LogP contribution in [-0.2, 0) is 27.2 Å². The summed E-state index contributed by atoms with van der Waals surface area (Å²) in [5.74, 6) is -2.46. The third kappa shape index (κ3) is 3.60. The summed E-state index contributed by atoms with van der Waals surface area (Å²) in [5.41, 5.74) is 2.64. The van der Waals surface area contributed by atoms with Gasteiger partial charge in [0, 0.05) is 12.2 Å². The number of benzene rings is 1. The molecule has 1 aliphatic rings. The monoisotopic (exact) mass is 343 g/mol. The number of aryl methyl sites for hydroxylation is 2. The van der Waals surface area contributed by atoms with Crippen LogP contribution in [-0.4, -0.2) is 46.6 Å². The number of carbonyl (C=O) groups excluding carboxylic acids is 4. The highest BCUT2D eigenvalue weighted by molar-refractivity contribution is 6.45. The molecule has 7 heteroatoms. The van der Waals surface area contributed by atoms with Crippen molar-refractivity contribution in [2.75, 3.05) is 18.4 Å². The Hall–Kier alpha value is -2.96. The minimum absolute atomic E-state index is 0.0693. The molecular formula is C18H21N3O4. The Morgan fingerprint density at radius 1 is 1.08 bits per heavy atom. The molecule has 2 rings (SSSR count). The smallest absolute Gasteiger partial charge is 0.324 e. The molecule has 1 aromatic rings. The second-order valence-corrected chi connectivity index (χ2v) is 5.58. The van der Waals surface area contributed by atoms with Crippen LogP contribution in [0.5, 0.6) is 0 Å². The molecule has 1 aromatic carbocycles. The second-order valence-electron chi connectivity index (χ2n) is 5.58. The molecule has 1 aliphatic heterocycles. The quantitative estimate of drug-likeness (QED) is 0.464. The zero-order valence-electron chi connectivity index (χ0n) is 14.4. The molecule has 0 saturated carbocycles. The molecule has 0 unspecified atom stereocenters. The summed E-state index contributed by atoms with van der Waals surface area (Å²) in [6, 6.07) is 4.95. The maximum atomic E-state index is 12.4. The van der Waals surface area contributed by atoms with Crippen molar-refractivity contribution < 1.29 is 19.2 Å². The van der Waals surface area contributed by atoms with Crippen LogP contribution in [0.15, 0.2) is 30.9 Å². The number of nitrogens with one attached hydrogen (secondary N) is 1. The highest BCUT2D eigenvalue weighted by Crippen LogP contribution is 2.23. The van der Waals surface area contributed by atoms with Crippen molar-refractivity contribution in [1.82, 2.24) is 9.80 Å². The van der Waals surface area contributed by atoms with Crippen molar-refractivity contribution in [3.05, 3.63) is 42.0 Å². The Kier molecular flexibility index (Phi) is 5.69. The highest BCUT2D eigenvalue weighted by Gasteiger charge is 2.44. The minimum Gasteiger partial charge on any atom is -0.324 e. The molecule has 5 amide bonds. The first-order chi connectivity index (χ1) is 11.9. The zero-order chi connectivity index (χ0) is 18.6. The van der Waals surface area contributed by atoms with Crippen molar-refractivity contribution in [3.8, 4) is 0 Å². The maximum Gasteiger partial charge on any atom is 0.335 e. The van der Waals surface area contributed by atoms with Gasteiger partial charge in [-0.2, -0.15) is 0 Å². The molecule has 25 heavy (non-hydrogen) atoms. The van der Waals surface area contributed by atoms with E-state index in [1.165, 1.54) is 6.08 Å². The third-order valence-electron chi connectivity index (χ3n) is 4.01. The summed E-state index contributed by atoms with van der Waals surface area (Å²) in [6.45, 7) is 6.82. The van der Waals surface area contributed by atoms with Crippen LogP contribution >= 0.6 is 0 Å². The van der Waals surface area contributed by atoms with E-state index in [0.717, 1.165) is 28.9 Å².